The molecule has 0 radical (unpaired) electrons. The van der Waals surface area contributed by atoms with Crippen LogP contribution in [0.5, 0.6) is 0 Å². The van der Waals surface area contributed by atoms with Gasteiger partial charge in [0.25, 0.3) is 0 Å². The highest BCUT2D eigenvalue weighted by atomic mass is 16.4. The van der Waals surface area contributed by atoms with E-state index in [2.05, 4.69) is 13.2 Å². The Balaban J connectivity index is 3.08. The molecule has 0 aliphatic carbocycles. The third kappa shape index (κ3) is 2.95. The third-order valence-electron chi connectivity index (χ3n) is 1.97. The average Bonchev–Trinajstić information content (AvgIpc) is 2.25. The van der Waals surface area contributed by atoms with Gasteiger partial charge in [0.2, 0.25) is 0 Å². The largest absolute Gasteiger partial charge is 0.478 e. The first-order chi connectivity index (χ1) is 7.17. The van der Waals surface area contributed by atoms with Gasteiger partial charge in [0, 0.05) is 6.08 Å². The summed E-state index contributed by atoms with van der Waals surface area (Å²) in [7, 11) is 0. The van der Waals surface area contributed by atoms with Gasteiger partial charge < -0.3 is 5.11 Å². The molecule has 0 atom stereocenters. The van der Waals surface area contributed by atoms with Crippen LogP contribution in [-0.4, -0.2) is 11.1 Å². The predicted molar refractivity (Wildman–Crippen MR) is 63.3 cm³/mol. The molecule has 2 heteroatoms. The van der Waals surface area contributed by atoms with Gasteiger partial charge in [-0.2, -0.15) is 0 Å². The molecular formula is C13H12O2. The van der Waals surface area contributed by atoms with Crippen molar-refractivity contribution in [2.45, 2.75) is 0 Å². The summed E-state index contributed by atoms with van der Waals surface area (Å²) in [5.41, 5.74) is 2.76. The molecule has 1 N–H and O–H groups in total. The first-order valence-corrected chi connectivity index (χ1v) is 4.47. The van der Waals surface area contributed by atoms with Gasteiger partial charge in [0.1, 0.15) is 0 Å². The Bertz CT molecular complexity index is 428. The number of benzene rings is 1. The van der Waals surface area contributed by atoms with Crippen LogP contribution in [-0.2, 0) is 4.79 Å². The number of hydrogen-bond acceptors (Lipinski definition) is 1. The number of hydrogen-bond donors (Lipinski definition) is 1. The van der Waals surface area contributed by atoms with Gasteiger partial charge in [-0.15, -0.1) is 0 Å². The summed E-state index contributed by atoms with van der Waals surface area (Å²) in [4.78, 5) is 10.3. The van der Waals surface area contributed by atoms with Crippen LogP contribution in [0.15, 0.2) is 37.4 Å². The minimum absolute atomic E-state index is 0.831. The van der Waals surface area contributed by atoms with Gasteiger partial charge in [-0.1, -0.05) is 37.4 Å². The summed E-state index contributed by atoms with van der Waals surface area (Å²) in [6.45, 7) is 7.37. The van der Waals surface area contributed by atoms with E-state index in [-0.39, 0.29) is 0 Å². The molecule has 0 unspecified atom stereocenters. The maximum atomic E-state index is 10.3. The van der Waals surface area contributed by atoms with E-state index in [1.807, 2.05) is 18.2 Å². The first kappa shape index (κ1) is 11.0. The van der Waals surface area contributed by atoms with E-state index < -0.39 is 5.97 Å². The molecule has 0 aromatic heterocycles. The Labute approximate surface area is 88.9 Å². The van der Waals surface area contributed by atoms with Crippen molar-refractivity contribution in [1.29, 1.82) is 0 Å². The Morgan fingerprint density at radius 1 is 1.20 bits per heavy atom. The van der Waals surface area contributed by atoms with Crippen LogP contribution < -0.4 is 0 Å². The molecule has 0 aliphatic heterocycles. The Morgan fingerprint density at radius 3 is 2.40 bits per heavy atom. The van der Waals surface area contributed by atoms with Gasteiger partial charge >= 0.3 is 5.97 Å². The molecule has 76 valence electrons. The van der Waals surface area contributed by atoms with E-state index in [0.717, 1.165) is 22.8 Å². The van der Waals surface area contributed by atoms with E-state index in [0.29, 0.717) is 0 Å². The quantitative estimate of drug-likeness (QED) is 0.758. The lowest BCUT2D eigenvalue weighted by molar-refractivity contribution is -0.131. The maximum absolute atomic E-state index is 10.3. The van der Waals surface area contributed by atoms with Crippen molar-refractivity contribution in [2.24, 2.45) is 0 Å². The Kier molecular flexibility index (Phi) is 3.63. The lowest BCUT2D eigenvalue weighted by Gasteiger charge is -2.01. The predicted octanol–water partition coefficient (Wildman–Crippen LogP) is 3.07. The summed E-state index contributed by atoms with van der Waals surface area (Å²) in [6.07, 6.45) is 6.11. The lowest BCUT2D eigenvalue weighted by Crippen LogP contribution is -1.86. The van der Waals surface area contributed by atoms with E-state index >= 15 is 0 Å². The first-order valence-electron chi connectivity index (χ1n) is 4.47. The highest BCUT2D eigenvalue weighted by molar-refractivity contribution is 5.85. The van der Waals surface area contributed by atoms with E-state index in [1.165, 1.54) is 0 Å². The highest BCUT2D eigenvalue weighted by Gasteiger charge is 1.96. The number of carboxylic acids is 1. The summed E-state index contributed by atoms with van der Waals surface area (Å²) in [6, 6.07) is 5.58. The molecule has 0 aliphatic rings. The minimum atomic E-state index is -0.956. The van der Waals surface area contributed by atoms with Crippen LogP contribution in [0.1, 0.15) is 16.7 Å². The van der Waals surface area contributed by atoms with Crippen molar-refractivity contribution in [3.05, 3.63) is 54.1 Å². The van der Waals surface area contributed by atoms with Crippen molar-refractivity contribution in [2.75, 3.05) is 0 Å². The van der Waals surface area contributed by atoms with Crippen LogP contribution in [0.25, 0.3) is 18.2 Å². The van der Waals surface area contributed by atoms with Crippen molar-refractivity contribution < 1.29 is 9.90 Å². The van der Waals surface area contributed by atoms with Crippen LogP contribution >= 0.6 is 0 Å². The molecular weight excluding hydrogens is 188 g/mol. The third-order valence-corrected chi connectivity index (χ3v) is 1.97. The van der Waals surface area contributed by atoms with Crippen LogP contribution in [0.4, 0.5) is 0 Å². The van der Waals surface area contributed by atoms with Crippen molar-refractivity contribution >= 4 is 24.2 Å². The van der Waals surface area contributed by atoms with Crippen molar-refractivity contribution in [3.63, 3.8) is 0 Å². The Hall–Kier alpha value is -2.09. The number of rotatable bonds is 4. The van der Waals surface area contributed by atoms with Crippen molar-refractivity contribution in [1.82, 2.24) is 0 Å². The molecule has 0 bridgehead atoms. The fourth-order valence-corrected chi connectivity index (χ4v) is 1.23. The highest BCUT2D eigenvalue weighted by Crippen LogP contribution is 2.15. The second-order valence-electron chi connectivity index (χ2n) is 2.97. The molecule has 0 heterocycles. The summed E-state index contributed by atoms with van der Waals surface area (Å²) in [5, 5.41) is 8.48. The van der Waals surface area contributed by atoms with E-state index in [1.54, 1.807) is 18.2 Å². The SMILES string of the molecule is C=Cc1ccc(/C=C/C(=O)O)cc1C=C. The molecule has 1 rings (SSSR count). The van der Waals surface area contributed by atoms with Crippen LogP contribution in [0.3, 0.4) is 0 Å². The molecule has 2 nitrogen and oxygen atoms in total. The standard InChI is InChI=1S/C13H12O2/c1-3-11-7-5-10(6-8-13(14)15)9-12(11)4-2/h3-9H,1-2H2,(H,14,15)/b8-6+. The van der Waals surface area contributed by atoms with Crippen LogP contribution in [0.2, 0.25) is 0 Å². The zero-order valence-electron chi connectivity index (χ0n) is 8.31. The topological polar surface area (TPSA) is 37.3 Å². The van der Waals surface area contributed by atoms with Gasteiger partial charge in [-0.05, 0) is 28.8 Å². The van der Waals surface area contributed by atoms with Gasteiger partial charge in [-0.25, -0.2) is 4.79 Å². The number of aliphatic carboxylic acids is 1. The van der Waals surface area contributed by atoms with Gasteiger partial charge in [-0.3, -0.25) is 0 Å². The summed E-state index contributed by atoms with van der Waals surface area (Å²) < 4.78 is 0. The van der Waals surface area contributed by atoms with E-state index in [4.69, 9.17) is 5.11 Å². The normalized spacial score (nSPS) is 10.1. The molecule has 0 amide bonds. The molecule has 15 heavy (non-hydrogen) atoms. The second-order valence-corrected chi connectivity index (χ2v) is 2.97. The summed E-state index contributed by atoms with van der Waals surface area (Å²) in [5.74, 6) is -0.956. The average molecular weight is 200 g/mol. The molecule has 0 fully saturated rings. The minimum Gasteiger partial charge on any atom is -0.478 e. The second kappa shape index (κ2) is 4.96. The number of carbonyl (C=O) groups is 1. The number of carboxylic acid groups (broad SMARTS) is 1. The molecule has 1 aromatic rings. The molecule has 0 spiro atoms. The zero-order valence-corrected chi connectivity index (χ0v) is 8.31. The Morgan fingerprint density at radius 2 is 1.87 bits per heavy atom. The van der Waals surface area contributed by atoms with E-state index in [9.17, 15) is 4.79 Å². The van der Waals surface area contributed by atoms with Crippen LogP contribution in [0, 0.1) is 0 Å². The maximum Gasteiger partial charge on any atom is 0.328 e. The summed E-state index contributed by atoms with van der Waals surface area (Å²) >= 11 is 0. The molecule has 0 saturated heterocycles. The molecule has 0 saturated carbocycles. The zero-order chi connectivity index (χ0) is 11.3. The molecule has 1 aromatic carbocycles. The fraction of sp³-hybridized carbons (Fsp3) is 0. The monoisotopic (exact) mass is 200 g/mol. The van der Waals surface area contributed by atoms with Gasteiger partial charge in [0.15, 0.2) is 0 Å². The van der Waals surface area contributed by atoms with Gasteiger partial charge in [0.05, 0.1) is 0 Å². The smallest absolute Gasteiger partial charge is 0.328 e. The fourth-order valence-electron chi connectivity index (χ4n) is 1.23. The lowest BCUT2D eigenvalue weighted by atomic mass is 10.0. The van der Waals surface area contributed by atoms with Crippen molar-refractivity contribution in [3.8, 4) is 0 Å².